The fraction of sp³-hybridized carbons (Fsp3) is 0.222. The summed E-state index contributed by atoms with van der Waals surface area (Å²) >= 11 is 0. The highest BCUT2D eigenvalue weighted by Crippen LogP contribution is 2.36. The quantitative estimate of drug-likeness (QED) is 0.354. The number of aryl methyl sites for hydroxylation is 3. The van der Waals surface area contributed by atoms with Crippen LogP contribution in [0.5, 0.6) is 0 Å². The Morgan fingerprint density at radius 3 is 2.47 bits per heavy atom. The molecule has 1 atom stereocenters. The lowest BCUT2D eigenvalue weighted by atomic mass is 9.87. The van der Waals surface area contributed by atoms with Crippen molar-refractivity contribution < 1.29 is 9.18 Å². The van der Waals surface area contributed by atoms with E-state index in [2.05, 4.69) is 20.4 Å². The molecular weight excluding hydrogens is 457 g/mol. The van der Waals surface area contributed by atoms with Crippen molar-refractivity contribution >= 4 is 23.0 Å². The average Bonchev–Trinajstić information content (AvgIpc) is 3.49. The van der Waals surface area contributed by atoms with E-state index < -0.39 is 5.92 Å². The molecule has 182 valence electrons. The van der Waals surface area contributed by atoms with Gasteiger partial charge in [0, 0.05) is 24.8 Å². The first-order valence-corrected chi connectivity index (χ1v) is 11.9. The zero-order chi connectivity index (χ0) is 25.2. The van der Waals surface area contributed by atoms with Crippen molar-refractivity contribution in [1.82, 2.24) is 29.3 Å². The molecule has 9 heteroatoms. The van der Waals surface area contributed by atoms with Gasteiger partial charge in [0.2, 0.25) is 5.95 Å². The molecule has 5 aromatic rings. The Bertz CT molecular complexity index is 1510. The van der Waals surface area contributed by atoms with Crippen LogP contribution in [0.4, 0.5) is 10.3 Å². The number of aromatic nitrogens is 6. The van der Waals surface area contributed by atoms with Gasteiger partial charge < -0.3 is 4.57 Å². The van der Waals surface area contributed by atoms with E-state index in [4.69, 9.17) is 4.98 Å². The number of pyridine rings is 1. The van der Waals surface area contributed by atoms with Gasteiger partial charge in [-0.05, 0) is 44.0 Å². The molecule has 1 amide bonds. The maximum absolute atomic E-state index is 15.1. The van der Waals surface area contributed by atoms with Crippen molar-refractivity contribution in [2.45, 2.75) is 39.8 Å². The maximum atomic E-state index is 15.1. The van der Waals surface area contributed by atoms with Gasteiger partial charge in [-0.15, -0.1) is 5.10 Å². The molecule has 3 heterocycles. The molecule has 0 aliphatic carbocycles. The first-order valence-electron chi connectivity index (χ1n) is 11.9. The lowest BCUT2D eigenvalue weighted by molar-refractivity contribution is 0.102. The van der Waals surface area contributed by atoms with Gasteiger partial charge >= 0.3 is 0 Å². The predicted octanol–water partition coefficient (Wildman–Crippen LogP) is 4.94. The highest BCUT2D eigenvalue weighted by atomic mass is 19.1. The van der Waals surface area contributed by atoms with E-state index in [0.717, 1.165) is 11.1 Å². The van der Waals surface area contributed by atoms with Gasteiger partial charge in [0.05, 0.1) is 17.0 Å². The van der Waals surface area contributed by atoms with Gasteiger partial charge in [-0.1, -0.05) is 42.5 Å². The molecule has 1 N–H and O–H groups in total. The van der Waals surface area contributed by atoms with E-state index in [1.54, 1.807) is 29.2 Å². The molecule has 0 aliphatic rings. The van der Waals surface area contributed by atoms with Gasteiger partial charge in [-0.25, -0.2) is 19.3 Å². The number of hydrogen-bond acceptors (Lipinski definition) is 5. The second kappa shape index (κ2) is 9.69. The van der Waals surface area contributed by atoms with Crippen molar-refractivity contribution in [3.05, 3.63) is 101 Å². The summed E-state index contributed by atoms with van der Waals surface area (Å²) in [6, 6.07) is 16.4. The minimum Gasteiger partial charge on any atom is -0.326 e. The molecule has 0 saturated carbocycles. The van der Waals surface area contributed by atoms with E-state index >= 15 is 4.39 Å². The minimum atomic E-state index is -0.443. The Labute approximate surface area is 207 Å². The Hall–Kier alpha value is -4.40. The smallest absolute Gasteiger partial charge is 0.259 e. The summed E-state index contributed by atoms with van der Waals surface area (Å²) in [7, 11) is 0. The highest BCUT2D eigenvalue weighted by molar-refractivity contribution is 6.04. The van der Waals surface area contributed by atoms with Gasteiger partial charge in [-0.2, -0.15) is 0 Å². The minimum absolute atomic E-state index is 0.228. The number of benzene rings is 2. The maximum Gasteiger partial charge on any atom is 0.259 e. The van der Waals surface area contributed by atoms with E-state index in [1.165, 1.54) is 12.3 Å². The number of nitrogens with one attached hydrogen (secondary N) is 1. The summed E-state index contributed by atoms with van der Waals surface area (Å²) in [6.07, 6.45) is 3.04. The fourth-order valence-corrected chi connectivity index (χ4v) is 4.44. The molecular formula is C27H26FN7O. The first-order chi connectivity index (χ1) is 17.5. The van der Waals surface area contributed by atoms with Gasteiger partial charge in [0.15, 0.2) is 5.65 Å². The number of fused-ring (bicyclic) bond motifs is 1. The Morgan fingerprint density at radius 1 is 1.03 bits per heavy atom. The van der Waals surface area contributed by atoms with E-state index in [1.807, 2.05) is 55.7 Å². The third kappa shape index (κ3) is 4.24. The fourth-order valence-electron chi connectivity index (χ4n) is 4.44. The van der Waals surface area contributed by atoms with Crippen LogP contribution in [-0.4, -0.2) is 35.2 Å². The van der Waals surface area contributed by atoms with Crippen molar-refractivity contribution in [3.63, 3.8) is 0 Å². The van der Waals surface area contributed by atoms with Crippen LogP contribution in [0, 0.1) is 12.7 Å². The lowest BCUT2D eigenvalue weighted by Crippen LogP contribution is -2.15. The summed E-state index contributed by atoms with van der Waals surface area (Å²) in [5, 5.41) is 6.91. The lowest BCUT2D eigenvalue weighted by Gasteiger charge is -2.21. The molecule has 0 radical (unpaired) electrons. The average molecular weight is 484 g/mol. The molecule has 0 fully saturated rings. The first kappa shape index (κ1) is 23.3. The zero-order valence-corrected chi connectivity index (χ0v) is 20.3. The molecule has 0 spiro atoms. The van der Waals surface area contributed by atoms with Crippen molar-refractivity contribution in [3.8, 4) is 0 Å². The highest BCUT2D eigenvalue weighted by Gasteiger charge is 2.27. The zero-order valence-electron chi connectivity index (χ0n) is 20.3. The second-order valence-corrected chi connectivity index (χ2v) is 8.47. The molecule has 2 aromatic carbocycles. The van der Waals surface area contributed by atoms with Crippen LogP contribution in [0.15, 0.2) is 67.1 Å². The van der Waals surface area contributed by atoms with Gasteiger partial charge in [0.1, 0.15) is 18.0 Å². The molecule has 0 aliphatic heterocycles. The normalized spacial score (nSPS) is 12.1. The van der Waals surface area contributed by atoms with Gasteiger partial charge in [-0.3, -0.25) is 14.8 Å². The van der Waals surface area contributed by atoms with Crippen LogP contribution in [0.25, 0.3) is 11.2 Å². The standard InChI is InChI=1S/C27H26FN7O/c1-4-34-16-30-27(33-34)32-26(36)18-14-22-24(29-15-18)31-25(35(22)5-2)23(19-11-7-6-10-17(19)3)20-12-8-9-13-21(20)28/h6-16,23H,4-5H2,1-3H3,(H,32,33,36). The van der Waals surface area contributed by atoms with Crippen LogP contribution < -0.4 is 5.32 Å². The summed E-state index contributed by atoms with van der Waals surface area (Å²) < 4.78 is 18.7. The molecule has 0 saturated heterocycles. The number of anilines is 1. The number of nitrogens with zero attached hydrogens (tertiary/aromatic N) is 6. The van der Waals surface area contributed by atoms with Crippen molar-refractivity contribution in [2.24, 2.45) is 0 Å². The molecule has 0 bridgehead atoms. The molecule has 3 aromatic heterocycles. The molecule has 1 unspecified atom stereocenters. The number of hydrogen-bond donors (Lipinski definition) is 1. The number of amides is 1. The summed E-state index contributed by atoms with van der Waals surface area (Å²) in [5.74, 6) is -0.215. The van der Waals surface area contributed by atoms with Crippen LogP contribution in [-0.2, 0) is 13.1 Å². The predicted molar refractivity (Wildman–Crippen MR) is 135 cm³/mol. The molecule has 8 nitrogen and oxygen atoms in total. The van der Waals surface area contributed by atoms with Crippen LogP contribution >= 0.6 is 0 Å². The van der Waals surface area contributed by atoms with Crippen LogP contribution in [0.2, 0.25) is 0 Å². The van der Waals surface area contributed by atoms with Crippen molar-refractivity contribution in [1.29, 1.82) is 0 Å². The topological polar surface area (TPSA) is 90.5 Å². The van der Waals surface area contributed by atoms with Crippen LogP contribution in [0.1, 0.15) is 52.6 Å². The number of carbonyl (C=O) groups excluding carboxylic acids is 1. The number of rotatable bonds is 7. The van der Waals surface area contributed by atoms with Gasteiger partial charge in [0.25, 0.3) is 5.91 Å². The SMILES string of the molecule is CCn1cnc(NC(=O)c2cnc3nc(C(c4ccccc4C)c4ccccc4F)n(CC)c3c2)n1. The summed E-state index contributed by atoms with van der Waals surface area (Å²) in [6.45, 7) is 7.16. The Balaban J connectivity index is 1.62. The third-order valence-electron chi connectivity index (χ3n) is 6.27. The van der Waals surface area contributed by atoms with E-state index in [9.17, 15) is 4.79 Å². The van der Waals surface area contributed by atoms with Crippen LogP contribution in [0.3, 0.4) is 0 Å². The largest absolute Gasteiger partial charge is 0.326 e. The third-order valence-corrected chi connectivity index (χ3v) is 6.27. The molecule has 36 heavy (non-hydrogen) atoms. The number of halogens is 1. The number of carbonyl (C=O) groups is 1. The number of imidazole rings is 1. The van der Waals surface area contributed by atoms with E-state index in [-0.39, 0.29) is 17.7 Å². The second-order valence-electron chi connectivity index (χ2n) is 8.47. The monoisotopic (exact) mass is 483 g/mol. The Kier molecular flexibility index (Phi) is 6.28. The summed E-state index contributed by atoms with van der Waals surface area (Å²) in [4.78, 5) is 26.3. The Morgan fingerprint density at radius 2 is 1.78 bits per heavy atom. The van der Waals surface area contributed by atoms with Crippen molar-refractivity contribution in [2.75, 3.05) is 5.32 Å². The summed E-state index contributed by atoms with van der Waals surface area (Å²) in [5.41, 5.74) is 4.08. The molecule has 5 rings (SSSR count). The van der Waals surface area contributed by atoms with E-state index in [0.29, 0.717) is 41.2 Å².